The van der Waals surface area contributed by atoms with E-state index in [0.717, 1.165) is 0 Å². The van der Waals surface area contributed by atoms with E-state index < -0.39 is 10.7 Å². The van der Waals surface area contributed by atoms with E-state index in [4.69, 9.17) is 5.73 Å². The highest BCUT2D eigenvalue weighted by Crippen LogP contribution is 2.48. The number of nitrogen functional groups attached to an aromatic ring is 1. The molecular formula is C27H24N2O2S. The summed E-state index contributed by atoms with van der Waals surface area (Å²) in [6.45, 7) is 0. The normalized spacial score (nSPS) is 11.2. The Kier molecular flexibility index (Phi) is 6.57. The maximum atomic E-state index is 11.7. The van der Waals surface area contributed by atoms with E-state index in [0.29, 0.717) is 17.7 Å². The Balaban J connectivity index is 1.78. The molecule has 0 spiro atoms. The van der Waals surface area contributed by atoms with Gasteiger partial charge in [0.1, 0.15) is 11.4 Å². The molecule has 4 aromatic rings. The van der Waals surface area contributed by atoms with Gasteiger partial charge in [0.05, 0.1) is 4.75 Å². The molecule has 4 nitrogen and oxygen atoms in total. The van der Waals surface area contributed by atoms with E-state index in [1.54, 1.807) is 24.0 Å². The molecule has 0 radical (unpaired) electrons. The second kappa shape index (κ2) is 9.71. The fourth-order valence-electron chi connectivity index (χ4n) is 4.06. The Morgan fingerprint density at radius 2 is 1.28 bits per heavy atom. The summed E-state index contributed by atoms with van der Waals surface area (Å²) in [4.78, 5) is 15.7. The van der Waals surface area contributed by atoms with Crippen LogP contribution in [0.2, 0.25) is 0 Å². The molecular weight excluding hydrogens is 416 g/mol. The van der Waals surface area contributed by atoms with Gasteiger partial charge in [-0.3, -0.25) is 0 Å². The average molecular weight is 441 g/mol. The molecule has 5 heteroatoms. The van der Waals surface area contributed by atoms with E-state index >= 15 is 0 Å². The van der Waals surface area contributed by atoms with Crippen molar-refractivity contribution in [2.24, 2.45) is 0 Å². The van der Waals surface area contributed by atoms with Crippen LogP contribution in [0.3, 0.4) is 0 Å². The number of carbonyl (C=O) groups is 1. The Labute approximate surface area is 192 Å². The average Bonchev–Trinajstić information content (AvgIpc) is 2.83. The number of hydrogen-bond donors (Lipinski definition) is 2. The number of anilines is 1. The lowest BCUT2D eigenvalue weighted by Gasteiger charge is -2.35. The molecule has 0 aliphatic rings. The number of pyridine rings is 1. The van der Waals surface area contributed by atoms with E-state index in [-0.39, 0.29) is 11.4 Å². The second-order valence-corrected chi connectivity index (χ2v) is 8.72. The van der Waals surface area contributed by atoms with Crippen molar-refractivity contribution in [3.63, 3.8) is 0 Å². The molecule has 0 bridgehead atoms. The van der Waals surface area contributed by atoms with Crippen molar-refractivity contribution in [1.29, 1.82) is 0 Å². The third-order valence-electron chi connectivity index (χ3n) is 5.51. The van der Waals surface area contributed by atoms with Gasteiger partial charge in [0.15, 0.2) is 0 Å². The third kappa shape index (κ3) is 4.25. The van der Waals surface area contributed by atoms with Crippen molar-refractivity contribution < 1.29 is 9.90 Å². The highest BCUT2D eigenvalue weighted by atomic mass is 32.2. The maximum Gasteiger partial charge on any atom is 0.339 e. The zero-order chi connectivity index (χ0) is 22.4. The lowest BCUT2D eigenvalue weighted by atomic mass is 9.84. The van der Waals surface area contributed by atoms with E-state index in [1.807, 2.05) is 18.2 Å². The minimum Gasteiger partial charge on any atom is -0.478 e. The number of carboxylic acid groups (broad SMARTS) is 1. The molecule has 0 amide bonds. The standard InChI is InChI=1S/C27H24N2O2S/c28-25-24(26(30)31)20(16-18-29-25)17-19-32-27(21-10-4-1-5-11-21,22-12-6-2-7-13-22)23-14-8-3-9-15-23/h1-16,18H,17,19H2,(H2,28,29)(H,30,31). The minimum absolute atomic E-state index is 0.0560. The predicted molar refractivity (Wildman–Crippen MR) is 131 cm³/mol. The predicted octanol–water partition coefficient (Wildman–Crippen LogP) is 5.63. The van der Waals surface area contributed by atoms with Crippen LogP contribution in [0.5, 0.6) is 0 Å². The molecule has 0 saturated carbocycles. The fourth-order valence-corrected chi connectivity index (χ4v) is 5.59. The van der Waals surface area contributed by atoms with E-state index in [1.165, 1.54) is 16.7 Å². The number of carboxylic acids is 1. The zero-order valence-electron chi connectivity index (χ0n) is 17.5. The van der Waals surface area contributed by atoms with Crippen LogP contribution >= 0.6 is 11.8 Å². The number of nitrogens with two attached hydrogens (primary N) is 1. The van der Waals surface area contributed by atoms with Gasteiger partial charge in [0, 0.05) is 6.20 Å². The Morgan fingerprint density at radius 3 is 1.72 bits per heavy atom. The molecule has 1 heterocycles. The van der Waals surface area contributed by atoms with Crippen LogP contribution in [-0.4, -0.2) is 21.8 Å². The number of nitrogens with zero attached hydrogens (tertiary/aromatic N) is 1. The van der Waals surface area contributed by atoms with Gasteiger partial charge in [-0.05, 0) is 40.5 Å². The first-order chi connectivity index (χ1) is 15.6. The van der Waals surface area contributed by atoms with Gasteiger partial charge in [-0.1, -0.05) is 91.0 Å². The van der Waals surface area contributed by atoms with Crippen molar-refractivity contribution in [2.45, 2.75) is 11.2 Å². The summed E-state index contributed by atoms with van der Waals surface area (Å²) in [5.74, 6) is -0.293. The van der Waals surface area contributed by atoms with Gasteiger partial charge < -0.3 is 10.8 Å². The number of thioether (sulfide) groups is 1. The second-order valence-electron chi connectivity index (χ2n) is 7.41. The first-order valence-electron chi connectivity index (χ1n) is 10.4. The number of aromatic nitrogens is 1. The Hall–Kier alpha value is -3.57. The molecule has 0 atom stereocenters. The smallest absolute Gasteiger partial charge is 0.339 e. The monoisotopic (exact) mass is 440 g/mol. The molecule has 3 aromatic carbocycles. The van der Waals surface area contributed by atoms with E-state index in [9.17, 15) is 9.90 Å². The zero-order valence-corrected chi connectivity index (χ0v) is 18.3. The largest absolute Gasteiger partial charge is 0.478 e. The van der Waals surface area contributed by atoms with Crippen LogP contribution in [0.4, 0.5) is 5.82 Å². The summed E-state index contributed by atoms with van der Waals surface area (Å²) in [6.07, 6.45) is 2.13. The van der Waals surface area contributed by atoms with Crippen molar-refractivity contribution in [3.8, 4) is 0 Å². The lowest BCUT2D eigenvalue weighted by molar-refractivity contribution is 0.0696. The quantitative estimate of drug-likeness (QED) is 0.347. The van der Waals surface area contributed by atoms with Crippen LogP contribution in [0.15, 0.2) is 103 Å². The molecule has 0 unspecified atom stereocenters. The third-order valence-corrected chi connectivity index (χ3v) is 7.06. The molecule has 4 rings (SSSR count). The summed E-state index contributed by atoms with van der Waals surface area (Å²) in [5, 5.41) is 9.61. The molecule has 0 fully saturated rings. The molecule has 32 heavy (non-hydrogen) atoms. The highest BCUT2D eigenvalue weighted by Gasteiger charge is 2.36. The molecule has 1 aromatic heterocycles. The summed E-state index contributed by atoms with van der Waals surface area (Å²) in [5.41, 5.74) is 10.2. The van der Waals surface area contributed by atoms with Crippen molar-refractivity contribution in [2.75, 3.05) is 11.5 Å². The SMILES string of the molecule is Nc1nccc(CCSC(c2ccccc2)(c2ccccc2)c2ccccc2)c1C(=O)O. The number of benzene rings is 3. The molecule has 0 aliphatic heterocycles. The molecule has 160 valence electrons. The Morgan fingerprint density at radius 1 is 0.812 bits per heavy atom. The van der Waals surface area contributed by atoms with Crippen molar-refractivity contribution >= 4 is 23.5 Å². The van der Waals surface area contributed by atoms with Crippen molar-refractivity contribution in [1.82, 2.24) is 4.98 Å². The lowest BCUT2D eigenvalue weighted by Crippen LogP contribution is -2.26. The van der Waals surface area contributed by atoms with Crippen LogP contribution in [-0.2, 0) is 11.2 Å². The molecule has 0 aliphatic carbocycles. The first-order valence-corrected chi connectivity index (χ1v) is 11.4. The maximum absolute atomic E-state index is 11.7. The summed E-state index contributed by atoms with van der Waals surface area (Å²) < 4.78 is -0.439. The Bertz CT molecular complexity index is 1090. The number of aryl methyl sites for hydroxylation is 1. The van der Waals surface area contributed by atoms with Gasteiger partial charge in [0.2, 0.25) is 0 Å². The number of rotatable bonds is 8. The number of hydrogen-bond acceptors (Lipinski definition) is 4. The van der Waals surface area contributed by atoms with Crippen LogP contribution in [0.25, 0.3) is 0 Å². The van der Waals surface area contributed by atoms with Gasteiger partial charge >= 0.3 is 5.97 Å². The van der Waals surface area contributed by atoms with Gasteiger partial charge in [-0.2, -0.15) is 0 Å². The van der Waals surface area contributed by atoms with Crippen molar-refractivity contribution in [3.05, 3.63) is 131 Å². The molecule has 0 saturated heterocycles. The minimum atomic E-state index is -1.05. The number of aromatic carboxylic acids is 1. The van der Waals surface area contributed by atoms with Gasteiger partial charge in [0.25, 0.3) is 0 Å². The van der Waals surface area contributed by atoms with Crippen LogP contribution < -0.4 is 5.73 Å². The van der Waals surface area contributed by atoms with Crippen LogP contribution in [0.1, 0.15) is 32.6 Å². The summed E-state index contributed by atoms with van der Waals surface area (Å²) >= 11 is 1.80. The van der Waals surface area contributed by atoms with Gasteiger partial charge in [-0.15, -0.1) is 11.8 Å². The fraction of sp³-hybridized carbons (Fsp3) is 0.111. The first kappa shape index (κ1) is 21.7. The summed E-state index contributed by atoms with van der Waals surface area (Å²) in [6, 6.07) is 33.1. The summed E-state index contributed by atoms with van der Waals surface area (Å²) in [7, 11) is 0. The highest BCUT2D eigenvalue weighted by molar-refractivity contribution is 8.00. The molecule has 3 N–H and O–H groups in total. The topological polar surface area (TPSA) is 76.2 Å². The van der Waals surface area contributed by atoms with E-state index in [2.05, 4.69) is 77.8 Å². The van der Waals surface area contributed by atoms with Gasteiger partial charge in [-0.25, -0.2) is 9.78 Å². The van der Waals surface area contributed by atoms with Crippen LogP contribution in [0, 0.1) is 0 Å².